The van der Waals surface area contributed by atoms with Gasteiger partial charge in [0.05, 0.1) is 17.0 Å². The second-order valence-electron chi connectivity index (χ2n) is 13.4. The van der Waals surface area contributed by atoms with E-state index in [9.17, 15) is 18.4 Å². The number of hydrogen-bond acceptors (Lipinski definition) is 4. The third-order valence-corrected chi connectivity index (χ3v) is 11.7. The van der Waals surface area contributed by atoms with Crippen LogP contribution in [-0.2, 0) is 10.2 Å². The van der Waals surface area contributed by atoms with Crippen molar-refractivity contribution in [3.05, 3.63) is 195 Å². The molecule has 5 aromatic carbocycles. The fourth-order valence-electron chi connectivity index (χ4n) is 8.34. The standard InChI is InChI=1S/C46H31F2NO2S/c1-28-22-42(47)43(48)26-37(28)44(51)29(27-50)23-33-25-41-45(52-33)36-21-20-32(49(30-12-4-2-5-13-30)31-14-6-3-7-15-31)24-40(36)46(41)38-18-10-8-16-34(38)35-17-9-11-19-39(35)46/h2-14,16-27,31H,15H2,1H3/b29-23-. The summed E-state index contributed by atoms with van der Waals surface area (Å²) in [6.45, 7) is 1.53. The predicted octanol–water partition coefficient (Wildman–Crippen LogP) is 11.2. The highest BCUT2D eigenvalue weighted by molar-refractivity contribution is 7.16. The van der Waals surface area contributed by atoms with Crippen LogP contribution in [0.3, 0.4) is 0 Å². The van der Waals surface area contributed by atoms with Crippen molar-refractivity contribution in [3.8, 4) is 21.6 Å². The number of rotatable bonds is 7. The lowest BCUT2D eigenvalue weighted by Crippen LogP contribution is -2.30. The fourth-order valence-corrected chi connectivity index (χ4v) is 9.55. The molecule has 3 aliphatic rings. The highest BCUT2D eigenvalue weighted by atomic mass is 32.1. The van der Waals surface area contributed by atoms with Gasteiger partial charge in [-0.3, -0.25) is 9.59 Å². The number of Topliss-reactive ketones (excluding diaryl/α,β-unsaturated/α-hetero) is 1. The fraction of sp³-hybridized carbons (Fsp3) is 0.0870. The van der Waals surface area contributed by atoms with E-state index in [1.165, 1.54) is 46.1 Å². The van der Waals surface area contributed by atoms with Crippen molar-refractivity contribution in [2.24, 2.45) is 0 Å². The minimum absolute atomic E-state index is 0.0411. The van der Waals surface area contributed by atoms with Crippen LogP contribution < -0.4 is 4.90 Å². The van der Waals surface area contributed by atoms with Crippen LogP contribution in [-0.4, -0.2) is 18.1 Å². The first-order valence-electron chi connectivity index (χ1n) is 17.2. The van der Waals surface area contributed by atoms with E-state index in [4.69, 9.17) is 0 Å². The number of allylic oxidation sites excluding steroid dienone is 3. The molecule has 0 bridgehead atoms. The molecule has 0 fully saturated rings. The maximum Gasteiger partial charge on any atom is 0.196 e. The topological polar surface area (TPSA) is 37.4 Å². The first-order chi connectivity index (χ1) is 25.4. The summed E-state index contributed by atoms with van der Waals surface area (Å²) in [5, 5.41) is 0. The number of para-hydroxylation sites is 1. The molecule has 1 heterocycles. The number of aldehydes is 1. The van der Waals surface area contributed by atoms with Gasteiger partial charge < -0.3 is 4.90 Å². The summed E-state index contributed by atoms with van der Waals surface area (Å²) < 4.78 is 28.1. The smallest absolute Gasteiger partial charge is 0.196 e. The molecular formula is C46H31F2NO2S. The SMILES string of the molecule is Cc1cc(F)c(F)cc1C(=O)/C(C=O)=C\c1cc2c(s1)-c1ccc(N(c3ccccc3)C3C=CC=CC3)cc1C21c2ccccc2-c2ccccc21. The van der Waals surface area contributed by atoms with Gasteiger partial charge in [-0.15, -0.1) is 11.3 Å². The zero-order valence-electron chi connectivity index (χ0n) is 28.1. The highest BCUT2D eigenvalue weighted by Gasteiger charge is 2.52. The second kappa shape index (κ2) is 12.4. The summed E-state index contributed by atoms with van der Waals surface area (Å²) >= 11 is 1.52. The molecule has 1 spiro atoms. The molecule has 252 valence electrons. The van der Waals surface area contributed by atoms with E-state index < -0.39 is 22.8 Å². The lowest BCUT2D eigenvalue weighted by molar-refractivity contribution is -0.104. The Bertz CT molecular complexity index is 2500. The molecule has 52 heavy (non-hydrogen) atoms. The number of carbonyl (C=O) groups excluding carboxylic acids is 2. The summed E-state index contributed by atoms with van der Waals surface area (Å²) in [5.74, 6) is -2.82. The predicted molar refractivity (Wildman–Crippen MR) is 205 cm³/mol. The molecule has 0 saturated carbocycles. The van der Waals surface area contributed by atoms with Crippen molar-refractivity contribution in [3.63, 3.8) is 0 Å². The van der Waals surface area contributed by atoms with Crippen LogP contribution in [0.4, 0.5) is 20.2 Å². The highest BCUT2D eigenvalue weighted by Crippen LogP contribution is 2.65. The van der Waals surface area contributed by atoms with Crippen LogP contribution >= 0.6 is 11.3 Å². The van der Waals surface area contributed by atoms with Crippen molar-refractivity contribution in [1.82, 2.24) is 0 Å². The Morgan fingerprint density at radius 2 is 1.44 bits per heavy atom. The maximum absolute atomic E-state index is 14.2. The monoisotopic (exact) mass is 699 g/mol. The number of carbonyl (C=O) groups is 2. The third-order valence-electron chi connectivity index (χ3n) is 10.6. The van der Waals surface area contributed by atoms with Crippen molar-refractivity contribution in [1.29, 1.82) is 0 Å². The van der Waals surface area contributed by atoms with Crippen LogP contribution in [0, 0.1) is 18.6 Å². The Kier molecular flexibility index (Phi) is 7.60. The molecule has 1 atom stereocenters. The van der Waals surface area contributed by atoms with Gasteiger partial charge in [-0.05, 0) is 106 Å². The molecule has 3 aliphatic carbocycles. The van der Waals surface area contributed by atoms with Crippen molar-refractivity contribution < 1.29 is 18.4 Å². The number of thiophene rings is 1. The molecular weight excluding hydrogens is 669 g/mol. The van der Waals surface area contributed by atoms with Gasteiger partial charge in [0, 0.05) is 26.7 Å². The first-order valence-corrected chi connectivity index (χ1v) is 18.0. The van der Waals surface area contributed by atoms with E-state index in [0.717, 1.165) is 50.8 Å². The Morgan fingerprint density at radius 3 is 2.13 bits per heavy atom. The summed E-state index contributed by atoms with van der Waals surface area (Å²) in [6, 6.07) is 38.4. The molecule has 0 saturated heterocycles. The van der Waals surface area contributed by atoms with E-state index in [-0.39, 0.29) is 22.7 Å². The second-order valence-corrected chi connectivity index (χ2v) is 14.5. The van der Waals surface area contributed by atoms with E-state index in [1.807, 2.05) is 6.07 Å². The average Bonchev–Trinajstić information content (AvgIpc) is 3.81. The van der Waals surface area contributed by atoms with Gasteiger partial charge in [0.2, 0.25) is 0 Å². The van der Waals surface area contributed by atoms with E-state index >= 15 is 0 Å². The van der Waals surface area contributed by atoms with Gasteiger partial charge in [-0.2, -0.15) is 0 Å². The zero-order chi connectivity index (χ0) is 35.6. The van der Waals surface area contributed by atoms with Crippen molar-refractivity contribution in [2.45, 2.75) is 24.8 Å². The summed E-state index contributed by atoms with van der Waals surface area (Å²) in [5.41, 5.74) is 9.69. The molecule has 3 nitrogen and oxygen atoms in total. The molecule has 0 N–H and O–H groups in total. The van der Waals surface area contributed by atoms with Gasteiger partial charge in [-0.25, -0.2) is 8.78 Å². The quantitative estimate of drug-likeness (QED) is 0.0546. The number of hydrogen-bond donors (Lipinski definition) is 0. The van der Waals surface area contributed by atoms with Crippen molar-refractivity contribution in [2.75, 3.05) is 4.90 Å². The summed E-state index contributed by atoms with van der Waals surface area (Å²) in [4.78, 5) is 30.2. The maximum atomic E-state index is 14.2. The Labute approximate surface area is 304 Å². The first kappa shape index (κ1) is 32.0. The number of nitrogens with zero attached hydrogens (tertiary/aromatic N) is 1. The molecule has 1 aromatic heterocycles. The summed E-state index contributed by atoms with van der Waals surface area (Å²) in [7, 11) is 0. The minimum Gasteiger partial charge on any atom is -0.334 e. The Hall–Kier alpha value is -5.98. The van der Waals surface area contributed by atoms with Gasteiger partial charge in [-0.1, -0.05) is 97.1 Å². The lowest BCUT2D eigenvalue weighted by Gasteiger charge is -2.35. The van der Waals surface area contributed by atoms with Gasteiger partial charge in [0.15, 0.2) is 23.7 Å². The van der Waals surface area contributed by atoms with Crippen LogP contribution in [0.15, 0.2) is 145 Å². The third kappa shape index (κ3) is 4.75. The van der Waals surface area contributed by atoms with Gasteiger partial charge >= 0.3 is 0 Å². The van der Waals surface area contributed by atoms with Crippen LogP contribution in [0.1, 0.15) is 49.5 Å². The number of aryl methyl sites for hydroxylation is 1. The number of ketones is 1. The molecule has 6 heteroatoms. The molecule has 9 rings (SSSR count). The molecule has 0 radical (unpaired) electrons. The minimum atomic E-state index is -1.13. The average molecular weight is 700 g/mol. The number of fused-ring (bicyclic) bond motifs is 10. The van der Waals surface area contributed by atoms with Gasteiger partial charge in [0.1, 0.15) is 0 Å². The number of benzene rings is 5. The largest absolute Gasteiger partial charge is 0.334 e. The Balaban J connectivity index is 1.26. The van der Waals surface area contributed by atoms with E-state index in [2.05, 4.69) is 126 Å². The number of halogens is 2. The Morgan fingerprint density at radius 1 is 0.750 bits per heavy atom. The van der Waals surface area contributed by atoms with Crippen molar-refractivity contribution >= 4 is 40.9 Å². The molecule has 6 aromatic rings. The molecule has 0 aliphatic heterocycles. The van der Waals surface area contributed by atoms with E-state index in [1.54, 1.807) is 6.08 Å². The zero-order valence-corrected chi connectivity index (χ0v) is 29.0. The summed E-state index contributed by atoms with van der Waals surface area (Å²) in [6.07, 6.45) is 11.6. The van der Waals surface area contributed by atoms with Gasteiger partial charge in [0.25, 0.3) is 0 Å². The normalized spacial score (nSPS) is 16.0. The van der Waals surface area contributed by atoms with Crippen LogP contribution in [0.25, 0.3) is 27.6 Å². The van der Waals surface area contributed by atoms with Crippen LogP contribution in [0.5, 0.6) is 0 Å². The number of anilines is 2. The van der Waals surface area contributed by atoms with E-state index in [0.29, 0.717) is 6.29 Å². The van der Waals surface area contributed by atoms with Crippen LogP contribution in [0.2, 0.25) is 0 Å². The lowest BCUT2D eigenvalue weighted by atomic mass is 9.71. The molecule has 0 amide bonds. The molecule has 1 unspecified atom stereocenters.